The summed E-state index contributed by atoms with van der Waals surface area (Å²) in [6.45, 7) is -0.227. The number of hydrogen-bond donors (Lipinski definition) is 2. The van der Waals surface area contributed by atoms with Crippen molar-refractivity contribution in [1.29, 1.82) is 0 Å². The number of aromatic nitrogens is 3. The first-order valence-electron chi connectivity index (χ1n) is 9.37. The van der Waals surface area contributed by atoms with Gasteiger partial charge in [-0.3, -0.25) is 9.59 Å². The summed E-state index contributed by atoms with van der Waals surface area (Å²) in [5, 5.41) is 10.1. The molecule has 8 nitrogen and oxygen atoms in total. The molecule has 0 aliphatic heterocycles. The number of imidazole rings is 1. The second kappa shape index (κ2) is 6.66. The molecular weight excluding hydrogens is 413 g/mol. The number of amides is 2. The number of nitrogens with zero attached hydrogens (tertiary/aromatic N) is 3. The van der Waals surface area contributed by atoms with Gasteiger partial charge in [0.1, 0.15) is 17.3 Å². The van der Waals surface area contributed by atoms with Crippen molar-refractivity contribution in [2.45, 2.75) is 30.3 Å². The predicted octanol–water partition coefficient (Wildman–Crippen LogP) is 2.12. The van der Waals surface area contributed by atoms with Gasteiger partial charge in [-0.25, -0.2) is 13.9 Å². The highest BCUT2D eigenvalue weighted by Crippen LogP contribution is 2.60. The van der Waals surface area contributed by atoms with Crippen molar-refractivity contribution in [1.82, 2.24) is 25.2 Å². The summed E-state index contributed by atoms with van der Waals surface area (Å²) in [7, 11) is 0. The normalized spacial score (nSPS) is 23.9. The molecule has 0 saturated heterocycles. The maximum Gasteiger partial charge on any atom is 0.272 e. The summed E-state index contributed by atoms with van der Waals surface area (Å²) < 4.78 is 20.2. The van der Waals surface area contributed by atoms with Crippen LogP contribution in [0, 0.1) is 5.82 Å². The molecule has 30 heavy (non-hydrogen) atoms. The first kappa shape index (κ1) is 18.8. The Bertz CT molecular complexity index is 1160. The third kappa shape index (κ3) is 3.15. The quantitative estimate of drug-likeness (QED) is 0.625. The van der Waals surface area contributed by atoms with Crippen LogP contribution in [0.1, 0.15) is 29.8 Å². The zero-order valence-corrected chi connectivity index (χ0v) is 16.4. The molecule has 2 aromatic heterocycles. The molecule has 2 heterocycles. The average molecular weight is 430 g/mol. The second-order valence-electron chi connectivity index (χ2n) is 7.89. The van der Waals surface area contributed by atoms with Crippen LogP contribution in [0.15, 0.2) is 42.7 Å². The number of ether oxygens (including phenoxy) is 1. The van der Waals surface area contributed by atoms with Crippen molar-refractivity contribution < 1.29 is 18.7 Å². The van der Waals surface area contributed by atoms with E-state index in [0.29, 0.717) is 30.6 Å². The smallest absolute Gasteiger partial charge is 0.272 e. The maximum absolute atomic E-state index is 13.4. The van der Waals surface area contributed by atoms with E-state index in [0.717, 1.165) is 6.07 Å². The Morgan fingerprint density at radius 3 is 2.73 bits per heavy atom. The average Bonchev–Trinajstić information content (AvgIpc) is 3.10. The summed E-state index contributed by atoms with van der Waals surface area (Å²) in [5.74, 6) is -0.909. The lowest BCUT2D eigenvalue weighted by Crippen LogP contribution is -2.84. The summed E-state index contributed by atoms with van der Waals surface area (Å²) in [6, 6.07) is 7.53. The largest absolute Gasteiger partial charge is 0.484 e. The predicted molar refractivity (Wildman–Crippen MR) is 105 cm³/mol. The van der Waals surface area contributed by atoms with Gasteiger partial charge in [-0.05, 0) is 43.5 Å². The van der Waals surface area contributed by atoms with Crippen molar-refractivity contribution in [3.8, 4) is 5.75 Å². The van der Waals surface area contributed by atoms with Crippen LogP contribution in [0.2, 0.25) is 5.02 Å². The van der Waals surface area contributed by atoms with Gasteiger partial charge in [-0.2, -0.15) is 5.10 Å². The number of rotatable bonds is 6. The molecule has 154 valence electrons. The van der Waals surface area contributed by atoms with Crippen LogP contribution in [-0.4, -0.2) is 44.1 Å². The first-order valence-corrected chi connectivity index (χ1v) is 9.75. The Hall–Kier alpha value is -3.20. The third-order valence-corrected chi connectivity index (χ3v) is 5.89. The third-order valence-electron chi connectivity index (χ3n) is 5.59. The van der Waals surface area contributed by atoms with Crippen molar-refractivity contribution in [2.75, 3.05) is 6.61 Å². The van der Waals surface area contributed by atoms with Crippen molar-refractivity contribution in [3.63, 3.8) is 0 Å². The van der Waals surface area contributed by atoms with E-state index in [4.69, 9.17) is 16.3 Å². The summed E-state index contributed by atoms with van der Waals surface area (Å²) in [5.41, 5.74) is 0.335. The van der Waals surface area contributed by atoms with Gasteiger partial charge in [-0.1, -0.05) is 11.6 Å². The molecule has 3 fully saturated rings. The SMILES string of the molecule is O=C(COc1ccc(Cl)c(F)c1)NC12CC(NC(=O)c3cnc4cccnn34)(C1)C2. The van der Waals surface area contributed by atoms with Crippen molar-refractivity contribution in [3.05, 3.63) is 59.3 Å². The molecule has 0 atom stereocenters. The molecule has 3 saturated carbocycles. The molecule has 6 rings (SSSR count). The van der Waals surface area contributed by atoms with Gasteiger partial charge in [0.05, 0.1) is 11.2 Å². The molecule has 3 aliphatic carbocycles. The Morgan fingerprint density at radius 1 is 1.20 bits per heavy atom. The Kier molecular flexibility index (Phi) is 4.18. The van der Waals surface area contributed by atoms with Crippen LogP contribution in [0.5, 0.6) is 5.75 Å². The highest BCUT2D eigenvalue weighted by atomic mass is 35.5. The highest BCUT2D eigenvalue weighted by molar-refractivity contribution is 6.30. The summed E-state index contributed by atoms with van der Waals surface area (Å²) in [6.07, 6.45) is 5.04. The number of halogens is 2. The number of carbonyl (C=O) groups is 2. The molecule has 2 amide bonds. The summed E-state index contributed by atoms with van der Waals surface area (Å²) >= 11 is 5.62. The number of nitrogens with one attached hydrogen (secondary N) is 2. The molecule has 2 N–H and O–H groups in total. The molecule has 10 heteroatoms. The van der Waals surface area contributed by atoms with Crippen molar-refractivity contribution >= 4 is 29.1 Å². The van der Waals surface area contributed by atoms with Gasteiger partial charge in [0.25, 0.3) is 11.8 Å². The lowest BCUT2D eigenvalue weighted by Gasteiger charge is -2.70. The van der Waals surface area contributed by atoms with Crippen LogP contribution >= 0.6 is 11.6 Å². The van der Waals surface area contributed by atoms with Crippen LogP contribution in [0.4, 0.5) is 4.39 Å². The molecule has 3 aliphatic rings. The van der Waals surface area contributed by atoms with E-state index in [1.165, 1.54) is 22.8 Å². The standard InChI is InChI=1S/C20H17ClFN5O3/c21-13-4-3-12(6-14(13)22)30-8-17(28)25-19-9-20(10-19,11-19)26-18(29)15-7-23-16-2-1-5-24-27(15)16/h1-7H,8-11H2,(H,25,28)(H,26,29). The van der Waals surface area contributed by atoms with Crippen LogP contribution < -0.4 is 15.4 Å². The second-order valence-corrected chi connectivity index (χ2v) is 8.30. The lowest BCUT2D eigenvalue weighted by atomic mass is 9.44. The van der Waals surface area contributed by atoms with Gasteiger partial charge in [0, 0.05) is 23.3 Å². The molecule has 0 unspecified atom stereocenters. The zero-order valence-electron chi connectivity index (χ0n) is 15.7. The minimum Gasteiger partial charge on any atom is -0.484 e. The van der Waals surface area contributed by atoms with E-state index in [-0.39, 0.29) is 40.3 Å². The number of carbonyl (C=O) groups excluding carboxylic acids is 2. The van der Waals surface area contributed by atoms with E-state index in [2.05, 4.69) is 20.7 Å². The number of hydrogen-bond acceptors (Lipinski definition) is 5. The number of benzene rings is 1. The molecule has 0 spiro atoms. The first-order chi connectivity index (χ1) is 14.4. The van der Waals surface area contributed by atoms with E-state index >= 15 is 0 Å². The minimum atomic E-state index is -0.604. The Balaban J connectivity index is 1.13. The summed E-state index contributed by atoms with van der Waals surface area (Å²) in [4.78, 5) is 29.0. The Labute approximate surface area is 175 Å². The van der Waals surface area contributed by atoms with Gasteiger partial charge < -0.3 is 15.4 Å². The van der Waals surface area contributed by atoms with E-state index in [1.807, 2.05) is 0 Å². The fraction of sp³-hybridized carbons (Fsp3) is 0.300. The van der Waals surface area contributed by atoms with E-state index in [9.17, 15) is 14.0 Å². The van der Waals surface area contributed by atoms with E-state index in [1.54, 1.807) is 18.3 Å². The van der Waals surface area contributed by atoms with Gasteiger partial charge in [0.15, 0.2) is 12.3 Å². The van der Waals surface area contributed by atoms with Crippen molar-refractivity contribution in [2.24, 2.45) is 0 Å². The van der Waals surface area contributed by atoms with Crippen LogP contribution in [0.3, 0.4) is 0 Å². The number of fused-ring (bicyclic) bond motifs is 1. The Morgan fingerprint density at radius 2 is 1.97 bits per heavy atom. The van der Waals surface area contributed by atoms with Crippen LogP contribution in [-0.2, 0) is 4.79 Å². The van der Waals surface area contributed by atoms with Gasteiger partial charge in [0.2, 0.25) is 0 Å². The van der Waals surface area contributed by atoms with Gasteiger partial charge in [-0.15, -0.1) is 0 Å². The fourth-order valence-electron chi connectivity index (χ4n) is 4.39. The zero-order chi connectivity index (χ0) is 20.9. The monoisotopic (exact) mass is 429 g/mol. The molecular formula is C20H17ClFN5O3. The molecule has 0 radical (unpaired) electrons. The molecule has 2 bridgehead atoms. The topological polar surface area (TPSA) is 97.6 Å². The van der Waals surface area contributed by atoms with Gasteiger partial charge >= 0.3 is 0 Å². The van der Waals surface area contributed by atoms with E-state index < -0.39 is 5.82 Å². The lowest BCUT2D eigenvalue weighted by molar-refractivity contribution is -0.141. The maximum atomic E-state index is 13.4. The fourth-order valence-corrected chi connectivity index (χ4v) is 4.51. The molecule has 1 aromatic carbocycles. The highest BCUT2D eigenvalue weighted by Gasteiger charge is 2.69. The molecule has 3 aromatic rings. The minimum absolute atomic E-state index is 0.00674. The van der Waals surface area contributed by atoms with Crippen LogP contribution in [0.25, 0.3) is 5.65 Å².